The normalized spacial score (nSPS) is 13.9. The third kappa shape index (κ3) is 10.4. The van der Waals surface area contributed by atoms with Gasteiger partial charge in [-0.2, -0.15) is 0 Å². The zero-order chi connectivity index (χ0) is 12.4. The molecule has 0 saturated heterocycles. The van der Waals surface area contributed by atoms with E-state index < -0.39 is 9.84 Å². The van der Waals surface area contributed by atoms with Crippen LogP contribution in [0.15, 0.2) is 0 Å². The minimum absolute atomic E-state index is 0.265. The Labute approximate surface area is 99.7 Å². The lowest BCUT2D eigenvalue weighted by molar-refractivity contribution is 0.188. The molecule has 5 heteroatoms. The second-order valence-corrected chi connectivity index (χ2v) is 6.46. The van der Waals surface area contributed by atoms with E-state index in [1.807, 2.05) is 0 Å². The van der Waals surface area contributed by atoms with Gasteiger partial charge in [0.1, 0.15) is 9.84 Å². The lowest BCUT2D eigenvalue weighted by Gasteiger charge is -2.17. The van der Waals surface area contributed by atoms with Crippen LogP contribution < -0.4 is 5.32 Å². The third-order valence-electron chi connectivity index (χ3n) is 2.42. The lowest BCUT2D eigenvalue weighted by Crippen LogP contribution is -2.32. The smallest absolute Gasteiger partial charge is 0.147 e. The molecule has 0 aromatic carbocycles. The Hall–Kier alpha value is -0.130. The van der Waals surface area contributed by atoms with Crippen molar-refractivity contribution < 1.29 is 13.2 Å². The minimum Gasteiger partial charge on any atom is -0.385 e. The fourth-order valence-corrected chi connectivity index (χ4v) is 2.24. The van der Waals surface area contributed by atoms with Crippen LogP contribution in [0.2, 0.25) is 0 Å². The average molecular weight is 251 g/mol. The first kappa shape index (κ1) is 15.9. The van der Waals surface area contributed by atoms with Crippen molar-refractivity contribution in [2.45, 2.75) is 38.6 Å². The van der Waals surface area contributed by atoms with Gasteiger partial charge in [-0.15, -0.1) is 0 Å². The molecule has 0 aliphatic carbocycles. The van der Waals surface area contributed by atoms with Crippen LogP contribution in [-0.2, 0) is 14.6 Å². The number of hydrogen-bond donors (Lipinski definition) is 1. The highest BCUT2D eigenvalue weighted by molar-refractivity contribution is 7.90. The highest BCUT2D eigenvalue weighted by atomic mass is 32.2. The molecular formula is C11H25NO3S. The third-order valence-corrected chi connectivity index (χ3v) is 3.40. The topological polar surface area (TPSA) is 55.4 Å². The Morgan fingerprint density at radius 2 is 2.00 bits per heavy atom. The van der Waals surface area contributed by atoms with Gasteiger partial charge in [-0.25, -0.2) is 8.42 Å². The molecule has 0 aromatic rings. The first-order valence-corrected chi connectivity index (χ1v) is 7.95. The zero-order valence-corrected chi connectivity index (χ0v) is 11.5. The van der Waals surface area contributed by atoms with Gasteiger partial charge in [0.05, 0.1) is 5.75 Å². The molecule has 0 radical (unpaired) electrons. The molecule has 0 rings (SSSR count). The van der Waals surface area contributed by atoms with E-state index in [1.54, 1.807) is 7.11 Å². The van der Waals surface area contributed by atoms with Gasteiger partial charge in [0.15, 0.2) is 0 Å². The van der Waals surface area contributed by atoms with Crippen LogP contribution in [0.4, 0.5) is 0 Å². The Morgan fingerprint density at radius 1 is 1.31 bits per heavy atom. The van der Waals surface area contributed by atoms with Crippen LogP contribution in [0.5, 0.6) is 0 Å². The summed E-state index contributed by atoms with van der Waals surface area (Å²) in [5, 5.41) is 3.38. The Kier molecular flexibility index (Phi) is 8.89. The number of sulfone groups is 1. The van der Waals surface area contributed by atoms with E-state index in [9.17, 15) is 8.42 Å². The van der Waals surface area contributed by atoms with Crippen molar-refractivity contribution in [2.24, 2.45) is 0 Å². The summed E-state index contributed by atoms with van der Waals surface area (Å²) in [6.45, 7) is 3.79. The summed E-state index contributed by atoms with van der Waals surface area (Å²) in [5.41, 5.74) is 0. The van der Waals surface area contributed by atoms with Crippen LogP contribution in [0.3, 0.4) is 0 Å². The molecule has 0 aliphatic rings. The van der Waals surface area contributed by atoms with Crippen molar-refractivity contribution in [2.75, 3.05) is 32.3 Å². The van der Waals surface area contributed by atoms with Crippen molar-refractivity contribution in [3.63, 3.8) is 0 Å². The van der Waals surface area contributed by atoms with E-state index >= 15 is 0 Å². The van der Waals surface area contributed by atoms with Crippen LogP contribution in [0.1, 0.15) is 32.6 Å². The van der Waals surface area contributed by atoms with Gasteiger partial charge < -0.3 is 10.1 Å². The zero-order valence-electron chi connectivity index (χ0n) is 10.7. The number of rotatable bonds is 10. The highest BCUT2D eigenvalue weighted by Crippen LogP contribution is 2.04. The maximum absolute atomic E-state index is 11.1. The summed E-state index contributed by atoms with van der Waals surface area (Å²) in [4.78, 5) is 0. The highest BCUT2D eigenvalue weighted by Gasteiger charge is 2.11. The fourth-order valence-electron chi connectivity index (χ4n) is 1.53. The molecule has 0 amide bonds. The Bertz CT molecular complexity index is 252. The summed E-state index contributed by atoms with van der Waals surface area (Å²) in [7, 11) is -1.16. The van der Waals surface area contributed by atoms with E-state index in [4.69, 9.17) is 4.74 Å². The van der Waals surface area contributed by atoms with Crippen LogP contribution in [0, 0.1) is 0 Å². The predicted octanol–water partition coefficient (Wildman–Crippen LogP) is 1.22. The number of methoxy groups -OCH3 is 1. The molecule has 0 aromatic heterocycles. The largest absolute Gasteiger partial charge is 0.385 e. The summed E-state index contributed by atoms with van der Waals surface area (Å²) >= 11 is 0. The molecular weight excluding hydrogens is 226 g/mol. The molecule has 0 aliphatic heterocycles. The Balaban J connectivity index is 3.89. The van der Waals surface area contributed by atoms with E-state index in [0.29, 0.717) is 12.5 Å². The summed E-state index contributed by atoms with van der Waals surface area (Å²) in [5.74, 6) is 0.265. The molecule has 0 bridgehead atoms. The van der Waals surface area contributed by atoms with E-state index in [0.717, 1.165) is 32.4 Å². The van der Waals surface area contributed by atoms with Gasteiger partial charge in [0.2, 0.25) is 0 Å². The van der Waals surface area contributed by atoms with Gasteiger partial charge in [0.25, 0.3) is 0 Å². The average Bonchev–Trinajstić information content (AvgIpc) is 2.20. The maximum Gasteiger partial charge on any atom is 0.147 e. The molecule has 0 heterocycles. The lowest BCUT2D eigenvalue weighted by atomic mass is 10.1. The molecule has 16 heavy (non-hydrogen) atoms. The fraction of sp³-hybridized carbons (Fsp3) is 1.00. The molecule has 1 N–H and O–H groups in total. The first-order valence-electron chi connectivity index (χ1n) is 5.89. The van der Waals surface area contributed by atoms with Gasteiger partial charge in [-0.05, 0) is 32.2 Å². The van der Waals surface area contributed by atoms with Gasteiger partial charge in [-0.1, -0.05) is 6.92 Å². The molecule has 0 spiro atoms. The molecule has 1 atom stereocenters. The second kappa shape index (κ2) is 8.96. The number of nitrogens with one attached hydrogen (secondary N) is 1. The quantitative estimate of drug-likeness (QED) is 0.593. The molecule has 98 valence electrons. The van der Waals surface area contributed by atoms with Gasteiger partial charge >= 0.3 is 0 Å². The molecule has 4 nitrogen and oxygen atoms in total. The van der Waals surface area contributed by atoms with Crippen LogP contribution in [0.25, 0.3) is 0 Å². The SMILES string of the molecule is CCCNC(CCCOC)CCS(C)(=O)=O. The van der Waals surface area contributed by atoms with Crippen molar-refractivity contribution in [1.82, 2.24) is 5.32 Å². The van der Waals surface area contributed by atoms with Crippen molar-refractivity contribution in [3.05, 3.63) is 0 Å². The molecule has 1 unspecified atom stereocenters. The summed E-state index contributed by atoms with van der Waals surface area (Å²) in [6.07, 6.45) is 5.01. The van der Waals surface area contributed by atoms with Gasteiger partial charge in [0, 0.05) is 26.0 Å². The van der Waals surface area contributed by atoms with Crippen LogP contribution in [-0.4, -0.2) is 46.7 Å². The van der Waals surface area contributed by atoms with Crippen molar-refractivity contribution in [3.8, 4) is 0 Å². The summed E-state index contributed by atoms with van der Waals surface area (Å²) in [6, 6.07) is 0.296. The van der Waals surface area contributed by atoms with E-state index in [2.05, 4.69) is 12.2 Å². The van der Waals surface area contributed by atoms with Crippen molar-refractivity contribution in [1.29, 1.82) is 0 Å². The number of hydrogen-bond acceptors (Lipinski definition) is 4. The Morgan fingerprint density at radius 3 is 2.50 bits per heavy atom. The standard InChI is InChI=1S/C11H25NO3S/c1-4-8-12-11(6-5-9-15-2)7-10-16(3,13)14/h11-12H,4-10H2,1-3H3. The number of ether oxygens (including phenoxy) is 1. The van der Waals surface area contributed by atoms with E-state index in [1.165, 1.54) is 6.26 Å². The monoisotopic (exact) mass is 251 g/mol. The minimum atomic E-state index is -2.85. The molecule has 0 fully saturated rings. The van der Waals surface area contributed by atoms with Gasteiger partial charge in [-0.3, -0.25) is 0 Å². The van der Waals surface area contributed by atoms with Crippen LogP contribution >= 0.6 is 0 Å². The predicted molar refractivity (Wildman–Crippen MR) is 67.5 cm³/mol. The molecule has 0 saturated carbocycles. The first-order chi connectivity index (χ1) is 7.49. The summed E-state index contributed by atoms with van der Waals surface area (Å²) < 4.78 is 27.2. The second-order valence-electron chi connectivity index (χ2n) is 4.20. The maximum atomic E-state index is 11.1. The van der Waals surface area contributed by atoms with Crippen molar-refractivity contribution >= 4 is 9.84 Å². The van der Waals surface area contributed by atoms with E-state index in [-0.39, 0.29) is 5.75 Å².